The zero-order valence-electron chi connectivity index (χ0n) is 9.77. The second-order valence-electron chi connectivity index (χ2n) is 3.57. The van der Waals surface area contributed by atoms with Gasteiger partial charge >= 0.3 is 5.97 Å². The van der Waals surface area contributed by atoms with E-state index in [0.29, 0.717) is 6.54 Å². The van der Waals surface area contributed by atoms with Gasteiger partial charge in [-0.15, -0.1) is 0 Å². The minimum absolute atomic E-state index is 0.00866. The summed E-state index contributed by atoms with van der Waals surface area (Å²) in [6.45, 7) is 1.37. The van der Waals surface area contributed by atoms with Crippen molar-refractivity contribution >= 4 is 11.9 Å². The molecule has 0 saturated heterocycles. The molecule has 1 aromatic rings. The van der Waals surface area contributed by atoms with Crippen LogP contribution < -0.4 is 5.32 Å². The van der Waals surface area contributed by atoms with Gasteiger partial charge in [-0.1, -0.05) is 5.16 Å². The van der Waals surface area contributed by atoms with E-state index in [2.05, 4.69) is 15.0 Å². The summed E-state index contributed by atoms with van der Waals surface area (Å²) in [6, 6.07) is 1.12. The van der Waals surface area contributed by atoms with Crippen LogP contribution in [0.15, 0.2) is 10.6 Å². The fraction of sp³-hybridized carbons (Fsp3) is 0.500. The van der Waals surface area contributed by atoms with E-state index >= 15 is 0 Å². The van der Waals surface area contributed by atoms with Crippen molar-refractivity contribution in [3.63, 3.8) is 0 Å². The van der Waals surface area contributed by atoms with E-state index in [-0.39, 0.29) is 17.4 Å². The van der Waals surface area contributed by atoms with Gasteiger partial charge in [0.1, 0.15) is 0 Å². The third-order valence-electron chi connectivity index (χ3n) is 2.21. The Bertz CT molecular complexity index is 402. The molecule has 1 rings (SSSR count). The molecule has 1 heterocycles. The first-order valence-electron chi connectivity index (χ1n) is 5.16. The van der Waals surface area contributed by atoms with Gasteiger partial charge in [0.25, 0.3) is 5.91 Å². The Kier molecular flexibility index (Phi) is 4.65. The van der Waals surface area contributed by atoms with Crippen LogP contribution in [0.4, 0.5) is 0 Å². The predicted octanol–water partition coefficient (Wildman–Crippen LogP) is 0.0543. The number of hydrogen-bond donors (Lipinski definition) is 2. The van der Waals surface area contributed by atoms with E-state index in [1.807, 2.05) is 7.05 Å². The topological polar surface area (TPSA) is 95.7 Å². The molecular weight excluding hydrogens is 226 g/mol. The fourth-order valence-corrected chi connectivity index (χ4v) is 1.27. The summed E-state index contributed by atoms with van der Waals surface area (Å²) in [6.07, 6.45) is 0.808. The molecule has 0 radical (unpaired) electrons. The summed E-state index contributed by atoms with van der Waals surface area (Å²) < 4.78 is 4.51. The summed E-state index contributed by atoms with van der Waals surface area (Å²) in [5.41, 5.74) is 0.00866. The third-order valence-corrected chi connectivity index (χ3v) is 2.21. The molecule has 1 aromatic heterocycles. The van der Waals surface area contributed by atoms with Crippen molar-refractivity contribution in [3.8, 4) is 0 Å². The van der Waals surface area contributed by atoms with Crippen molar-refractivity contribution in [3.05, 3.63) is 17.5 Å². The Hall–Kier alpha value is -1.89. The monoisotopic (exact) mass is 241 g/mol. The quantitative estimate of drug-likeness (QED) is 0.683. The second kappa shape index (κ2) is 6.00. The molecule has 0 unspecified atom stereocenters. The summed E-state index contributed by atoms with van der Waals surface area (Å²) in [7, 11) is 3.46. The van der Waals surface area contributed by atoms with Crippen molar-refractivity contribution in [2.75, 3.05) is 27.2 Å². The lowest BCUT2D eigenvalue weighted by atomic mass is 10.3. The maximum atomic E-state index is 11.8. The van der Waals surface area contributed by atoms with E-state index in [1.165, 1.54) is 4.90 Å². The van der Waals surface area contributed by atoms with Gasteiger partial charge in [0, 0.05) is 19.7 Å². The third kappa shape index (κ3) is 3.56. The van der Waals surface area contributed by atoms with E-state index in [4.69, 9.17) is 5.11 Å². The second-order valence-corrected chi connectivity index (χ2v) is 3.57. The van der Waals surface area contributed by atoms with Crippen LogP contribution in [-0.2, 0) is 0 Å². The Labute approximate surface area is 98.4 Å². The van der Waals surface area contributed by atoms with Crippen molar-refractivity contribution < 1.29 is 19.2 Å². The SMILES string of the molecule is CNCCCN(C)C(=O)c1cc(C(=O)O)on1. The van der Waals surface area contributed by atoms with Crippen LogP contribution in [0.3, 0.4) is 0 Å². The number of nitrogens with zero attached hydrogens (tertiary/aromatic N) is 2. The number of nitrogens with one attached hydrogen (secondary N) is 1. The first kappa shape index (κ1) is 13.2. The molecule has 0 bridgehead atoms. The van der Waals surface area contributed by atoms with Gasteiger partial charge in [0.2, 0.25) is 5.76 Å². The van der Waals surface area contributed by atoms with Crippen LogP contribution >= 0.6 is 0 Å². The van der Waals surface area contributed by atoms with Crippen LogP contribution in [-0.4, -0.2) is 54.2 Å². The highest BCUT2D eigenvalue weighted by Crippen LogP contribution is 2.06. The lowest BCUT2D eigenvalue weighted by Crippen LogP contribution is -2.29. The molecule has 2 N–H and O–H groups in total. The van der Waals surface area contributed by atoms with Crippen LogP contribution in [0.2, 0.25) is 0 Å². The van der Waals surface area contributed by atoms with Crippen molar-refractivity contribution in [1.29, 1.82) is 0 Å². The molecule has 7 heteroatoms. The van der Waals surface area contributed by atoms with E-state index in [0.717, 1.165) is 19.0 Å². The molecule has 94 valence electrons. The highest BCUT2D eigenvalue weighted by Gasteiger charge is 2.19. The van der Waals surface area contributed by atoms with Crippen molar-refractivity contribution in [1.82, 2.24) is 15.4 Å². The molecule has 17 heavy (non-hydrogen) atoms. The number of rotatable bonds is 6. The van der Waals surface area contributed by atoms with E-state index in [9.17, 15) is 9.59 Å². The Balaban J connectivity index is 2.58. The minimum atomic E-state index is -1.24. The molecule has 0 aromatic carbocycles. The fourth-order valence-electron chi connectivity index (χ4n) is 1.27. The van der Waals surface area contributed by atoms with Crippen LogP contribution in [0.1, 0.15) is 27.5 Å². The van der Waals surface area contributed by atoms with Gasteiger partial charge in [-0.05, 0) is 20.0 Å². The molecule has 7 nitrogen and oxygen atoms in total. The zero-order valence-corrected chi connectivity index (χ0v) is 9.77. The highest BCUT2D eigenvalue weighted by molar-refractivity contribution is 5.94. The summed E-state index contributed by atoms with van der Waals surface area (Å²) in [4.78, 5) is 23.8. The summed E-state index contributed by atoms with van der Waals surface area (Å²) >= 11 is 0. The van der Waals surface area contributed by atoms with E-state index < -0.39 is 5.97 Å². The largest absolute Gasteiger partial charge is 0.475 e. The molecule has 0 aliphatic heterocycles. The number of aromatic carboxylic acids is 1. The molecule has 1 amide bonds. The first-order valence-corrected chi connectivity index (χ1v) is 5.16. The average Bonchev–Trinajstić information content (AvgIpc) is 2.77. The maximum Gasteiger partial charge on any atom is 0.374 e. The lowest BCUT2D eigenvalue weighted by Gasteiger charge is -2.14. The first-order chi connectivity index (χ1) is 8.06. The summed E-state index contributed by atoms with van der Waals surface area (Å²) in [5.74, 6) is -1.93. The van der Waals surface area contributed by atoms with Crippen LogP contribution in [0, 0.1) is 0 Å². The smallest absolute Gasteiger partial charge is 0.374 e. The van der Waals surface area contributed by atoms with Crippen molar-refractivity contribution in [2.45, 2.75) is 6.42 Å². The number of carbonyl (C=O) groups excluding carboxylic acids is 1. The number of carbonyl (C=O) groups is 2. The van der Waals surface area contributed by atoms with Gasteiger partial charge in [0.15, 0.2) is 5.69 Å². The number of carboxylic acid groups (broad SMARTS) is 1. The molecule has 0 spiro atoms. The molecule has 0 aliphatic carbocycles. The number of aromatic nitrogens is 1. The normalized spacial score (nSPS) is 10.2. The van der Waals surface area contributed by atoms with Gasteiger partial charge in [0.05, 0.1) is 0 Å². The standard InChI is InChI=1S/C10H15N3O4/c1-11-4-3-5-13(2)9(14)7-6-8(10(15)16)17-12-7/h6,11H,3-5H2,1-2H3,(H,15,16). The lowest BCUT2D eigenvalue weighted by molar-refractivity contribution is 0.0649. The Morgan fingerprint density at radius 3 is 2.82 bits per heavy atom. The Morgan fingerprint density at radius 2 is 2.29 bits per heavy atom. The predicted molar refractivity (Wildman–Crippen MR) is 59.0 cm³/mol. The highest BCUT2D eigenvalue weighted by atomic mass is 16.5. The number of hydrogen-bond acceptors (Lipinski definition) is 5. The van der Waals surface area contributed by atoms with Crippen LogP contribution in [0.25, 0.3) is 0 Å². The zero-order chi connectivity index (χ0) is 12.8. The van der Waals surface area contributed by atoms with Gasteiger partial charge in [-0.3, -0.25) is 4.79 Å². The molecular formula is C10H15N3O4. The van der Waals surface area contributed by atoms with E-state index in [1.54, 1.807) is 7.05 Å². The Morgan fingerprint density at radius 1 is 1.59 bits per heavy atom. The van der Waals surface area contributed by atoms with Gasteiger partial charge < -0.3 is 19.8 Å². The molecule has 0 aliphatic rings. The molecule has 0 saturated carbocycles. The summed E-state index contributed by atoms with van der Waals surface area (Å²) in [5, 5.41) is 15.0. The average molecular weight is 241 g/mol. The number of amides is 1. The molecule has 0 fully saturated rings. The van der Waals surface area contributed by atoms with Crippen LogP contribution in [0.5, 0.6) is 0 Å². The minimum Gasteiger partial charge on any atom is -0.475 e. The molecule has 0 atom stereocenters. The van der Waals surface area contributed by atoms with Crippen molar-refractivity contribution in [2.24, 2.45) is 0 Å². The number of carboxylic acids is 1. The van der Waals surface area contributed by atoms with Gasteiger partial charge in [-0.25, -0.2) is 4.79 Å². The van der Waals surface area contributed by atoms with Gasteiger partial charge in [-0.2, -0.15) is 0 Å². The maximum absolute atomic E-state index is 11.8.